The van der Waals surface area contributed by atoms with Gasteiger partial charge in [-0.05, 0) is 201 Å². The summed E-state index contributed by atoms with van der Waals surface area (Å²) >= 11 is 0. The fourth-order valence-electron chi connectivity index (χ4n) is 16.5. The van der Waals surface area contributed by atoms with E-state index in [-0.39, 0.29) is 30.8 Å². The fraction of sp³-hybridized carbons (Fsp3) is 0.165. The smallest absolute Gasteiger partial charge is 0.178 e. The van der Waals surface area contributed by atoms with Crippen molar-refractivity contribution in [2.75, 3.05) is 49.0 Å². The van der Waals surface area contributed by atoms with Crippen LogP contribution in [0.1, 0.15) is 68.1 Å². The summed E-state index contributed by atoms with van der Waals surface area (Å²) in [6, 6.07) is 96.3. The molecule has 0 unspecified atom stereocenters. The van der Waals surface area contributed by atoms with Gasteiger partial charge in [-0.2, -0.15) is 0 Å². The van der Waals surface area contributed by atoms with Crippen LogP contribution in [0.25, 0.3) is 0 Å². The minimum absolute atomic E-state index is 0.102. The summed E-state index contributed by atoms with van der Waals surface area (Å²) in [5.41, 5.74) is 23.2. The molecule has 0 fully saturated rings. The number of hydrogen-bond acceptors (Lipinski definition) is 19. The molecule has 116 heavy (non-hydrogen) atoms. The van der Waals surface area contributed by atoms with Crippen LogP contribution in [0.4, 0.5) is 115 Å². The van der Waals surface area contributed by atoms with Gasteiger partial charge < -0.3 is 49.0 Å². The van der Waals surface area contributed by atoms with Gasteiger partial charge in [-0.3, -0.25) is 4.98 Å². The lowest BCUT2D eigenvalue weighted by molar-refractivity contribution is 0.752. The van der Waals surface area contributed by atoms with E-state index in [1.165, 1.54) is 67.6 Å². The van der Waals surface area contributed by atoms with E-state index in [1.807, 2.05) is 62.2 Å². The maximum atomic E-state index is 4.80. The van der Waals surface area contributed by atoms with Crippen molar-refractivity contribution in [3.8, 4) is 0 Å². The quantitative estimate of drug-likeness (QED) is 0.128. The lowest BCUT2D eigenvalue weighted by Crippen LogP contribution is -2.35. The van der Waals surface area contributed by atoms with Crippen LogP contribution >= 0.6 is 0 Å². The Kier molecular flexibility index (Phi) is 21.9. The van der Waals surface area contributed by atoms with E-state index in [4.69, 9.17) is 9.97 Å². The minimum atomic E-state index is 0.102. The second-order valence-electron chi connectivity index (χ2n) is 29.2. The number of aryl methyl sites for hydroxylation is 6. The molecule has 10 heterocycles. The van der Waals surface area contributed by atoms with Crippen molar-refractivity contribution >= 4 is 115 Å². The normalized spacial score (nSPS) is 16.5. The van der Waals surface area contributed by atoms with Crippen molar-refractivity contribution in [1.29, 1.82) is 0 Å². The number of benzene rings is 10. The number of fused-ring (bicyclic) bond motifs is 5. The first kappa shape index (κ1) is 75.7. The van der Waals surface area contributed by atoms with E-state index in [9.17, 15) is 0 Å². The molecule has 5 atom stereocenters. The molecule has 15 aromatic rings. The van der Waals surface area contributed by atoms with Gasteiger partial charge in [0.1, 0.15) is 54.9 Å². The van der Waals surface area contributed by atoms with Gasteiger partial charge in [0, 0.05) is 75.5 Å². The molecule has 0 saturated carbocycles. The van der Waals surface area contributed by atoms with Crippen molar-refractivity contribution in [3.05, 3.63) is 369 Å². The summed E-state index contributed by atoms with van der Waals surface area (Å²) < 4.78 is 0. The summed E-state index contributed by atoms with van der Waals surface area (Å²) in [5.74, 6) is 5.52. The molecule has 0 N–H and O–H groups in total. The van der Waals surface area contributed by atoms with Crippen LogP contribution in [-0.2, 0) is 0 Å². The maximum absolute atomic E-state index is 4.80. The molecule has 20 rings (SSSR count). The summed E-state index contributed by atoms with van der Waals surface area (Å²) in [7, 11) is 0. The molecular weight excluding hydrogens is 1430 g/mol. The van der Waals surface area contributed by atoms with Crippen molar-refractivity contribution in [2.24, 2.45) is 0 Å². The van der Waals surface area contributed by atoms with Crippen LogP contribution in [0.3, 0.4) is 0 Å². The largest absolute Gasteiger partial charge is 0.318 e. The molecule has 5 aromatic heterocycles. The number of hydrogen-bond donors (Lipinski definition) is 0. The predicted octanol–water partition coefficient (Wildman–Crippen LogP) is 23.0. The summed E-state index contributed by atoms with van der Waals surface area (Å²) in [5, 5.41) is 0. The van der Waals surface area contributed by atoms with Crippen molar-refractivity contribution in [1.82, 2.24) is 44.9 Å². The zero-order valence-electron chi connectivity index (χ0n) is 67.1. The van der Waals surface area contributed by atoms with Crippen LogP contribution in [0.2, 0.25) is 0 Å². The number of nitrogens with zero attached hydrogens (tertiary/aromatic N) is 19. The standard InChI is InChI=1S/C20H20N4.C20H19N3.3C19H18N4/c1-14-9-7-8-12-18(14)24-16(3)23(17-10-5-4-6-11-17)19-20(24)22-15(2)13-21-19;1-15-8-6-7-11-18(15)23-16(2)22(17-9-4-3-5-10-17)19-12-13-21-14-20(19)23;1-14-8-6-7-11-17(14)23-15(2)22(16-9-4-3-5-10-16)19-18(23)12-20-13-21-19;1-14-8-6-7-11-17(14)23-15(2)22(16-9-4-3-5-10-16)18-12-20-13-21-19(18)23;1-14-8-6-7-11-17(14)23-15(2)22(16-9-4-3-5-10-16)18-19(23)21-13-12-20-18/h4-13,16H,1-3H3;3-14,16H,1-2H3;3*3-13,15H,1-2H3/t2*16-;3*15-/m00000/s1. The van der Waals surface area contributed by atoms with Gasteiger partial charge >= 0.3 is 0 Å². The first-order valence-electron chi connectivity index (χ1n) is 39.4. The topological polar surface area (TPSA) is 148 Å². The first-order valence-corrected chi connectivity index (χ1v) is 39.4. The minimum Gasteiger partial charge on any atom is -0.318 e. The summed E-state index contributed by atoms with van der Waals surface area (Å²) in [4.78, 5) is 63.5. The Morgan fingerprint density at radius 2 is 0.474 bits per heavy atom. The molecular formula is C97H93N19. The SMILES string of the molecule is Cc1ccccc1N1c2cnccc2N(c2ccccc2)[C@@H]1C.Cc1ccccc1N1c2cncnc2N(c2ccccc2)[C@@H]1C.Cc1ccccc1N1c2nccnc2N(c2ccccc2)[C@@H]1C.Cc1ccccc1N1c2ncncc2N(c2ccccc2)[C@@H]1C.Cc1cnc2c(n1)N(c1ccccc1C)[C@@H](C)N2c1ccccc1. The highest BCUT2D eigenvalue weighted by Gasteiger charge is 2.42. The molecule has 0 radical (unpaired) electrons. The van der Waals surface area contributed by atoms with Gasteiger partial charge in [-0.15, -0.1) is 0 Å². The number of para-hydroxylation sites is 10. The molecule has 19 heteroatoms. The van der Waals surface area contributed by atoms with Crippen LogP contribution in [-0.4, -0.2) is 75.7 Å². The fourth-order valence-corrected chi connectivity index (χ4v) is 16.5. The highest BCUT2D eigenvalue weighted by Crippen LogP contribution is 2.52. The second-order valence-corrected chi connectivity index (χ2v) is 29.2. The van der Waals surface area contributed by atoms with E-state index in [2.05, 4.69) is 408 Å². The Balaban J connectivity index is 0.000000109. The Morgan fingerprint density at radius 3 is 0.888 bits per heavy atom. The Bertz CT molecular complexity index is 5300. The first-order chi connectivity index (χ1) is 56.7. The van der Waals surface area contributed by atoms with Gasteiger partial charge in [0.15, 0.2) is 34.9 Å². The van der Waals surface area contributed by atoms with Gasteiger partial charge in [0.05, 0.1) is 41.9 Å². The molecule has 10 aromatic carbocycles. The maximum Gasteiger partial charge on any atom is 0.178 e. The molecule has 576 valence electrons. The second kappa shape index (κ2) is 33.5. The number of anilines is 20. The molecule has 19 nitrogen and oxygen atoms in total. The average molecular weight is 1520 g/mol. The van der Waals surface area contributed by atoms with E-state index in [1.54, 1.807) is 25.0 Å². The van der Waals surface area contributed by atoms with Crippen LogP contribution in [0.15, 0.2) is 335 Å². The number of aromatic nitrogens is 9. The molecule has 0 spiro atoms. The molecule has 0 bridgehead atoms. The monoisotopic (exact) mass is 1520 g/mol. The van der Waals surface area contributed by atoms with Crippen LogP contribution < -0.4 is 49.0 Å². The number of pyridine rings is 1. The van der Waals surface area contributed by atoms with Crippen molar-refractivity contribution < 1.29 is 0 Å². The lowest BCUT2D eigenvalue weighted by atomic mass is 10.1. The Hall–Kier alpha value is -14.3. The molecule has 5 aliphatic heterocycles. The van der Waals surface area contributed by atoms with Crippen LogP contribution in [0, 0.1) is 41.5 Å². The van der Waals surface area contributed by atoms with E-state index >= 15 is 0 Å². The third-order valence-electron chi connectivity index (χ3n) is 21.8. The molecule has 0 saturated heterocycles. The highest BCUT2D eigenvalue weighted by atomic mass is 15.5. The van der Waals surface area contributed by atoms with E-state index in [0.717, 1.165) is 80.4 Å². The average Bonchev–Trinajstić information content (AvgIpc) is 1.62. The van der Waals surface area contributed by atoms with Crippen molar-refractivity contribution in [3.63, 3.8) is 0 Å². The van der Waals surface area contributed by atoms with Crippen molar-refractivity contribution in [2.45, 2.75) is 107 Å². The van der Waals surface area contributed by atoms with E-state index in [0.29, 0.717) is 0 Å². The Labute approximate surface area is 680 Å². The van der Waals surface area contributed by atoms with Gasteiger partial charge in [-0.1, -0.05) is 182 Å². The van der Waals surface area contributed by atoms with E-state index < -0.39 is 0 Å². The van der Waals surface area contributed by atoms with Gasteiger partial charge in [0.25, 0.3) is 0 Å². The van der Waals surface area contributed by atoms with Gasteiger partial charge in [0.2, 0.25) is 0 Å². The molecule has 0 amide bonds. The zero-order valence-corrected chi connectivity index (χ0v) is 67.1. The lowest BCUT2D eigenvalue weighted by Gasteiger charge is -2.31. The Morgan fingerprint density at radius 1 is 0.198 bits per heavy atom. The summed E-state index contributed by atoms with van der Waals surface area (Å²) in [6.07, 6.45) is 16.8. The highest BCUT2D eigenvalue weighted by molar-refractivity contribution is 5.91. The zero-order chi connectivity index (χ0) is 79.9. The summed E-state index contributed by atoms with van der Waals surface area (Å²) in [6.45, 7) is 23.7. The van der Waals surface area contributed by atoms with Crippen LogP contribution in [0.5, 0.6) is 0 Å². The van der Waals surface area contributed by atoms with Gasteiger partial charge in [-0.25, -0.2) is 39.9 Å². The molecule has 0 aliphatic carbocycles. The number of rotatable bonds is 10. The third-order valence-corrected chi connectivity index (χ3v) is 21.8. The predicted molar refractivity (Wildman–Crippen MR) is 474 cm³/mol. The molecule has 5 aliphatic rings. The third kappa shape index (κ3) is 14.6.